The van der Waals surface area contributed by atoms with E-state index < -0.39 is 16.0 Å². The SMILES string of the molecule is Cc1n[nH]c(C)c1S(=O)(=O)NCc1ccc(C(=O)O)cc1. The van der Waals surface area contributed by atoms with Gasteiger partial charge in [-0.1, -0.05) is 12.1 Å². The van der Waals surface area contributed by atoms with Crippen LogP contribution in [0.1, 0.15) is 27.3 Å². The highest BCUT2D eigenvalue weighted by atomic mass is 32.2. The minimum Gasteiger partial charge on any atom is -0.478 e. The predicted molar refractivity (Wildman–Crippen MR) is 75.5 cm³/mol. The summed E-state index contributed by atoms with van der Waals surface area (Å²) in [6.45, 7) is 3.32. The summed E-state index contributed by atoms with van der Waals surface area (Å²) in [4.78, 5) is 10.9. The number of hydrogen-bond acceptors (Lipinski definition) is 4. The van der Waals surface area contributed by atoms with Gasteiger partial charge in [0, 0.05) is 6.54 Å². The molecule has 0 saturated heterocycles. The Morgan fingerprint density at radius 3 is 2.38 bits per heavy atom. The van der Waals surface area contributed by atoms with Gasteiger partial charge in [-0.05, 0) is 31.5 Å². The number of carbonyl (C=O) groups is 1. The van der Waals surface area contributed by atoms with Crippen molar-refractivity contribution < 1.29 is 18.3 Å². The maximum atomic E-state index is 12.2. The van der Waals surface area contributed by atoms with Crippen molar-refractivity contribution in [3.63, 3.8) is 0 Å². The van der Waals surface area contributed by atoms with Crippen LogP contribution < -0.4 is 4.72 Å². The Morgan fingerprint density at radius 1 is 1.29 bits per heavy atom. The van der Waals surface area contributed by atoms with Gasteiger partial charge in [0.15, 0.2) is 0 Å². The Hall–Kier alpha value is -2.19. The van der Waals surface area contributed by atoms with E-state index in [9.17, 15) is 13.2 Å². The monoisotopic (exact) mass is 309 g/mol. The van der Waals surface area contributed by atoms with Crippen molar-refractivity contribution in [2.45, 2.75) is 25.3 Å². The molecule has 0 fully saturated rings. The second-order valence-corrected chi connectivity index (χ2v) is 6.29. The van der Waals surface area contributed by atoms with E-state index >= 15 is 0 Å². The number of nitrogens with one attached hydrogen (secondary N) is 2. The second kappa shape index (κ2) is 5.66. The largest absolute Gasteiger partial charge is 0.478 e. The lowest BCUT2D eigenvalue weighted by Crippen LogP contribution is -2.24. The first-order valence-corrected chi connectivity index (χ1v) is 7.63. The lowest BCUT2D eigenvalue weighted by molar-refractivity contribution is 0.0697. The van der Waals surface area contributed by atoms with E-state index in [1.807, 2.05) is 0 Å². The topological polar surface area (TPSA) is 112 Å². The normalized spacial score (nSPS) is 11.5. The van der Waals surface area contributed by atoms with Gasteiger partial charge in [-0.15, -0.1) is 0 Å². The molecule has 0 unspecified atom stereocenters. The van der Waals surface area contributed by atoms with Gasteiger partial charge < -0.3 is 5.11 Å². The Kier molecular flexibility index (Phi) is 4.10. The van der Waals surface area contributed by atoms with Crippen LogP contribution in [0.25, 0.3) is 0 Å². The van der Waals surface area contributed by atoms with Crippen LogP contribution in [0.4, 0.5) is 0 Å². The molecule has 0 aliphatic carbocycles. The van der Waals surface area contributed by atoms with Crippen LogP contribution in [0, 0.1) is 13.8 Å². The zero-order valence-electron chi connectivity index (χ0n) is 11.5. The predicted octanol–water partition coefficient (Wildman–Crippen LogP) is 1.20. The third kappa shape index (κ3) is 3.29. The molecular formula is C13H15N3O4S. The van der Waals surface area contributed by atoms with Gasteiger partial charge >= 0.3 is 5.97 Å². The van der Waals surface area contributed by atoms with Gasteiger partial charge in [0.05, 0.1) is 17.0 Å². The van der Waals surface area contributed by atoms with Gasteiger partial charge in [0.1, 0.15) is 4.90 Å². The molecule has 2 rings (SSSR count). The molecule has 0 atom stereocenters. The fourth-order valence-corrected chi connectivity index (χ4v) is 3.34. The summed E-state index contributed by atoms with van der Waals surface area (Å²) < 4.78 is 26.9. The van der Waals surface area contributed by atoms with Crippen LogP contribution in [0.15, 0.2) is 29.2 Å². The average Bonchev–Trinajstić information content (AvgIpc) is 2.77. The Bertz CT molecular complexity index is 744. The third-order valence-corrected chi connectivity index (χ3v) is 4.66. The van der Waals surface area contributed by atoms with Crippen LogP contribution >= 0.6 is 0 Å². The van der Waals surface area contributed by atoms with E-state index in [0.717, 1.165) is 0 Å². The number of aromatic nitrogens is 2. The summed E-state index contributed by atoms with van der Waals surface area (Å²) >= 11 is 0. The highest BCUT2D eigenvalue weighted by Crippen LogP contribution is 2.16. The number of hydrogen-bond donors (Lipinski definition) is 3. The summed E-state index contributed by atoms with van der Waals surface area (Å²) in [6, 6.07) is 6.00. The number of H-pyrrole nitrogens is 1. The smallest absolute Gasteiger partial charge is 0.335 e. The highest BCUT2D eigenvalue weighted by molar-refractivity contribution is 7.89. The molecule has 8 heteroatoms. The fourth-order valence-electron chi connectivity index (χ4n) is 1.95. The van der Waals surface area contributed by atoms with E-state index in [4.69, 9.17) is 5.11 Å². The summed E-state index contributed by atoms with van der Waals surface area (Å²) in [5, 5.41) is 15.3. The molecule has 0 aliphatic rings. The molecule has 21 heavy (non-hydrogen) atoms. The van der Waals surface area contributed by atoms with Crippen molar-refractivity contribution in [3.8, 4) is 0 Å². The highest BCUT2D eigenvalue weighted by Gasteiger charge is 2.21. The number of aromatic carboxylic acids is 1. The molecule has 2 aromatic rings. The van der Waals surface area contributed by atoms with Crippen molar-refractivity contribution in [2.75, 3.05) is 0 Å². The zero-order valence-corrected chi connectivity index (χ0v) is 12.4. The van der Waals surface area contributed by atoms with E-state index in [0.29, 0.717) is 17.0 Å². The fraction of sp³-hybridized carbons (Fsp3) is 0.231. The molecule has 3 N–H and O–H groups in total. The maximum absolute atomic E-state index is 12.2. The molecule has 7 nitrogen and oxygen atoms in total. The van der Waals surface area contributed by atoms with E-state index in [-0.39, 0.29) is 17.0 Å². The number of sulfonamides is 1. The average molecular weight is 309 g/mol. The van der Waals surface area contributed by atoms with Crippen LogP contribution in [0.2, 0.25) is 0 Å². The van der Waals surface area contributed by atoms with Crippen molar-refractivity contribution in [1.82, 2.24) is 14.9 Å². The molecule has 0 aliphatic heterocycles. The molecular weight excluding hydrogens is 294 g/mol. The number of nitrogens with zero attached hydrogens (tertiary/aromatic N) is 1. The Labute approximate surface area is 122 Å². The minimum absolute atomic E-state index is 0.0757. The van der Waals surface area contributed by atoms with E-state index in [1.54, 1.807) is 26.0 Å². The molecule has 1 aromatic heterocycles. The van der Waals surface area contributed by atoms with Gasteiger partial charge in [0.25, 0.3) is 0 Å². The van der Waals surface area contributed by atoms with Gasteiger partial charge in [-0.3, -0.25) is 5.10 Å². The summed E-state index contributed by atoms with van der Waals surface area (Å²) in [6.07, 6.45) is 0. The first kappa shape index (κ1) is 15.2. The summed E-state index contributed by atoms with van der Waals surface area (Å²) in [7, 11) is -3.66. The lowest BCUT2D eigenvalue weighted by atomic mass is 10.1. The standard InChI is InChI=1S/C13H15N3O4S/c1-8-12(9(2)16-15-8)21(19,20)14-7-10-3-5-11(6-4-10)13(17)18/h3-6,14H,7H2,1-2H3,(H,15,16)(H,17,18). The first-order valence-electron chi connectivity index (χ1n) is 6.15. The van der Waals surface area contributed by atoms with Crippen molar-refractivity contribution in [2.24, 2.45) is 0 Å². The Morgan fingerprint density at radius 2 is 1.90 bits per heavy atom. The van der Waals surface area contributed by atoms with Crippen molar-refractivity contribution in [3.05, 3.63) is 46.8 Å². The number of carboxylic acid groups (broad SMARTS) is 1. The van der Waals surface area contributed by atoms with Gasteiger partial charge in [-0.2, -0.15) is 5.10 Å². The molecule has 1 heterocycles. The van der Waals surface area contributed by atoms with Crippen LogP contribution in [0.5, 0.6) is 0 Å². The Balaban J connectivity index is 2.14. The molecule has 0 saturated carbocycles. The summed E-state index contributed by atoms with van der Waals surface area (Å²) in [5.41, 5.74) is 1.70. The molecule has 0 bridgehead atoms. The van der Waals surface area contributed by atoms with Gasteiger partial charge in [-0.25, -0.2) is 17.9 Å². The molecule has 0 spiro atoms. The molecule has 112 valence electrons. The quantitative estimate of drug-likeness (QED) is 0.768. The zero-order chi connectivity index (χ0) is 15.6. The van der Waals surface area contributed by atoms with E-state index in [2.05, 4.69) is 14.9 Å². The second-order valence-electron chi connectivity index (χ2n) is 4.59. The van der Waals surface area contributed by atoms with Crippen LogP contribution in [-0.4, -0.2) is 29.7 Å². The van der Waals surface area contributed by atoms with Crippen LogP contribution in [0.3, 0.4) is 0 Å². The first-order chi connectivity index (χ1) is 9.81. The van der Waals surface area contributed by atoms with Crippen molar-refractivity contribution >= 4 is 16.0 Å². The van der Waals surface area contributed by atoms with E-state index in [1.165, 1.54) is 12.1 Å². The maximum Gasteiger partial charge on any atom is 0.335 e. The number of aryl methyl sites for hydroxylation is 2. The number of aromatic amines is 1. The van der Waals surface area contributed by atoms with Gasteiger partial charge in [0.2, 0.25) is 10.0 Å². The van der Waals surface area contributed by atoms with Crippen molar-refractivity contribution in [1.29, 1.82) is 0 Å². The number of rotatable bonds is 5. The third-order valence-electron chi connectivity index (χ3n) is 3.00. The number of carboxylic acids is 1. The lowest BCUT2D eigenvalue weighted by Gasteiger charge is -2.07. The molecule has 0 amide bonds. The van der Waals surface area contributed by atoms with Crippen LogP contribution in [-0.2, 0) is 16.6 Å². The molecule has 0 radical (unpaired) electrons. The minimum atomic E-state index is -3.66. The number of benzene rings is 1. The molecule has 1 aromatic carbocycles. The summed E-state index contributed by atoms with van der Waals surface area (Å²) in [5.74, 6) is -1.02.